The van der Waals surface area contributed by atoms with E-state index >= 15 is 0 Å². The molecule has 2 heterocycles. The zero-order valence-electron chi connectivity index (χ0n) is 24.2. The van der Waals surface area contributed by atoms with E-state index in [1.165, 1.54) is 7.11 Å². The first kappa shape index (κ1) is 29.5. The van der Waals surface area contributed by atoms with Crippen molar-refractivity contribution in [2.24, 2.45) is 0 Å². The molecular weight excluding hydrogens is 523 g/mol. The Morgan fingerprint density at radius 3 is 2.38 bits per heavy atom. The van der Waals surface area contributed by atoms with Gasteiger partial charge in [-0.1, -0.05) is 20.8 Å². The first-order valence-electron chi connectivity index (χ1n) is 13.5. The number of alkyl halides is 3. The van der Waals surface area contributed by atoms with Gasteiger partial charge in [-0.15, -0.1) is 10.2 Å². The summed E-state index contributed by atoms with van der Waals surface area (Å²) < 4.78 is 60.0. The number of hydrogen-bond acceptors (Lipinski definition) is 5. The van der Waals surface area contributed by atoms with Crippen molar-refractivity contribution in [1.29, 1.82) is 0 Å². The van der Waals surface area contributed by atoms with Crippen LogP contribution in [0.25, 0.3) is 22.3 Å². The first-order valence-corrected chi connectivity index (χ1v) is 16.4. The van der Waals surface area contributed by atoms with Gasteiger partial charge in [-0.3, -0.25) is 0 Å². The fraction of sp³-hybridized carbons (Fsp3) is 0.586. The average molecular weight is 564 g/mol. The smallest absolute Gasteiger partial charge is 0.416 e. The Balaban J connectivity index is 1.69. The summed E-state index contributed by atoms with van der Waals surface area (Å²) in [6.07, 6.45) is 1.94. The van der Waals surface area contributed by atoms with E-state index in [4.69, 9.17) is 13.9 Å². The minimum Gasteiger partial charge on any atom is -0.467 e. The van der Waals surface area contributed by atoms with Crippen LogP contribution in [0.4, 0.5) is 13.2 Å². The second-order valence-corrected chi connectivity index (χ2v) is 17.0. The summed E-state index contributed by atoms with van der Waals surface area (Å²) in [5.74, 6) is 0.0628. The fourth-order valence-corrected chi connectivity index (χ4v) is 6.56. The van der Waals surface area contributed by atoms with Gasteiger partial charge in [0.05, 0.1) is 11.3 Å². The Kier molecular flexibility index (Phi) is 8.22. The van der Waals surface area contributed by atoms with Crippen LogP contribution in [-0.4, -0.2) is 43.1 Å². The van der Waals surface area contributed by atoms with Crippen LogP contribution in [-0.2, 0) is 15.3 Å². The summed E-state index contributed by atoms with van der Waals surface area (Å²) in [4.78, 5) is 0. The molecule has 214 valence electrons. The SMILES string of the molecule is COCOc1cc(C(F)(F)F)cc(C)c1-c1cc2c(C)cn([C@@H]3CCC[C@@H](O[Si](C)(C)C(C)(C)C)C3)c2nn1. The highest BCUT2D eigenvalue weighted by atomic mass is 28.4. The van der Waals surface area contributed by atoms with Crippen molar-refractivity contribution in [3.63, 3.8) is 0 Å². The van der Waals surface area contributed by atoms with Crippen molar-refractivity contribution < 1.29 is 27.1 Å². The molecule has 0 bridgehead atoms. The molecule has 0 aliphatic heterocycles. The lowest BCUT2D eigenvalue weighted by Crippen LogP contribution is -2.45. The molecule has 0 radical (unpaired) electrons. The highest BCUT2D eigenvalue weighted by Gasteiger charge is 2.40. The minimum absolute atomic E-state index is 0.0628. The van der Waals surface area contributed by atoms with Crippen molar-refractivity contribution >= 4 is 19.4 Å². The number of hydrogen-bond donors (Lipinski definition) is 0. The highest BCUT2D eigenvalue weighted by molar-refractivity contribution is 6.74. The van der Waals surface area contributed by atoms with Gasteiger partial charge in [-0.2, -0.15) is 13.2 Å². The largest absolute Gasteiger partial charge is 0.467 e. The number of ether oxygens (including phenoxy) is 2. The molecule has 0 amide bonds. The van der Waals surface area contributed by atoms with E-state index in [-0.39, 0.29) is 29.7 Å². The lowest BCUT2D eigenvalue weighted by molar-refractivity contribution is -0.137. The molecule has 4 rings (SSSR count). The van der Waals surface area contributed by atoms with E-state index in [9.17, 15) is 13.2 Å². The number of methoxy groups -OCH3 is 1. The zero-order valence-corrected chi connectivity index (χ0v) is 25.2. The van der Waals surface area contributed by atoms with Crippen LogP contribution in [0.2, 0.25) is 18.1 Å². The summed E-state index contributed by atoms with van der Waals surface area (Å²) >= 11 is 0. The van der Waals surface area contributed by atoms with Crippen molar-refractivity contribution in [3.05, 3.63) is 41.1 Å². The normalized spacial score (nSPS) is 19.1. The molecule has 0 spiro atoms. The van der Waals surface area contributed by atoms with Gasteiger partial charge in [0.2, 0.25) is 0 Å². The lowest BCUT2D eigenvalue weighted by atomic mass is 9.93. The van der Waals surface area contributed by atoms with Crippen LogP contribution < -0.4 is 4.74 Å². The van der Waals surface area contributed by atoms with Gasteiger partial charge in [-0.05, 0) is 87.0 Å². The number of aryl methyl sites for hydroxylation is 2. The van der Waals surface area contributed by atoms with Gasteiger partial charge < -0.3 is 18.5 Å². The van der Waals surface area contributed by atoms with E-state index in [0.29, 0.717) is 16.8 Å². The average Bonchev–Trinajstić information content (AvgIpc) is 3.17. The van der Waals surface area contributed by atoms with E-state index in [0.717, 1.165) is 54.4 Å². The number of halogens is 3. The third-order valence-corrected chi connectivity index (χ3v) is 12.8. The van der Waals surface area contributed by atoms with Gasteiger partial charge in [0.25, 0.3) is 0 Å². The number of rotatable bonds is 7. The third-order valence-electron chi connectivity index (χ3n) is 8.25. The van der Waals surface area contributed by atoms with E-state index in [2.05, 4.69) is 54.8 Å². The van der Waals surface area contributed by atoms with E-state index in [1.807, 2.05) is 13.0 Å². The maximum Gasteiger partial charge on any atom is 0.416 e. The Hall–Kier alpha value is -2.43. The highest BCUT2D eigenvalue weighted by Crippen LogP contribution is 2.42. The topological polar surface area (TPSA) is 58.4 Å². The molecule has 6 nitrogen and oxygen atoms in total. The molecule has 0 N–H and O–H groups in total. The molecular formula is C29H40F3N3O3Si. The van der Waals surface area contributed by atoms with Crippen molar-refractivity contribution in [3.8, 4) is 17.0 Å². The summed E-state index contributed by atoms with van der Waals surface area (Å²) in [5.41, 5.74) is 2.37. The standard InChI is InChI=1S/C29H40F3N3O3Si/c1-18-12-20(29(30,31)32)13-25(37-17-36-6)26(18)24-15-23-19(2)16-35(27(23)34-33-24)21-10-9-11-22(14-21)38-39(7,8)28(3,4)5/h12-13,15-16,21-22H,9-11,14,17H2,1-8H3/t21-,22-/m1/s1. The molecule has 2 atom stereocenters. The maximum atomic E-state index is 13.5. The molecule has 3 aromatic rings. The number of nitrogens with zero attached hydrogens (tertiary/aromatic N) is 3. The molecule has 1 saturated carbocycles. The number of aromatic nitrogens is 3. The molecule has 0 saturated heterocycles. The third kappa shape index (κ3) is 6.17. The van der Waals surface area contributed by atoms with Crippen molar-refractivity contribution in [1.82, 2.24) is 14.8 Å². The lowest BCUT2D eigenvalue weighted by Gasteiger charge is -2.41. The van der Waals surface area contributed by atoms with Gasteiger partial charge in [0.15, 0.2) is 20.8 Å². The quantitative estimate of drug-likeness (QED) is 0.214. The Labute approximate surface area is 230 Å². The van der Waals surface area contributed by atoms with Gasteiger partial charge in [-0.25, -0.2) is 0 Å². The summed E-state index contributed by atoms with van der Waals surface area (Å²) in [7, 11) is -0.459. The Morgan fingerprint density at radius 2 is 1.74 bits per heavy atom. The van der Waals surface area contributed by atoms with Crippen LogP contribution >= 0.6 is 0 Å². The Morgan fingerprint density at radius 1 is 1.03 bits per heavy atom. The maximum absolute atomic E-state index is 13.5. The predicted molar refractivity (Wildman–Crippen MR) is 150 cm³/mol. The van der Waals surface area contributed by atoms with Crippen LogP contribution in [0.5, 0.6) is 5.75 Å². The van der Waals surface area contributed by atoms with Crippen LogP contribution in [0, 0.1) is 13.8 Å². The molecule has 10 heteroatoms. The predicted octanol–water partition coefficient (Wildman–Crippen LogP) is 8.22. The molecule has 1 aliphatic rings. The first-order chi connectivity index (χ1) is 18.1. The Bertz CT molecular complexity index is 1330. The van der Waals surface area contributed by atoms with Gasteiger partial charge >= 0.3 is 6.18 Å². The molecule has 2 aromatic heterocycles. The van der Waals surface area contributed by atoms with Crippen LogP contribution in [0.15, 0.2) is 24.4 Å². The monoisotopic (exact) mass is 563 g/mol. The molecule has 1 aromatic carbocycles. The second kappa shape index (κ2) is 10.9. The van der Waals surface area contributed by atoms with Gasteiger partial charge in [0.1, 0.15) is 5.75 Å². The molecule has 0 unspecified atom stereocenters. The molecule has 39 heavy (non-hydrogen) atoms. The van der Waals surface area contributed by atoms with Crippen LogP contribution in [0.3, 0.4) is 0 Å². The van der Waals surface area contributed by atoms with Crippen LogP contribution in [0.1, 0.15) is 69.2 Å². The zero-order chi connectivity index (χ0) is 28.8. The number of fused-ring (bicyclic) bond motifs is 1. The summed E-state index contributed by atoms with van der Waals surface area (Å²) in [6.45, 7) is 14.9. The van der Waals surface area contributed by atoms with Gasteiger partial charge in [0, 0.05) is 36.4 Å². The fourth-order valence-electron chi connectivity index (χ4n) is 5.16. The summed E-state index contributed by atoms with van der Waals surface area (Å²) in [6, 6.07) is 4.26. The minimum atomic E-state index is -4.50. The second-order valence-electron chi connectivity index (χ2n) is 12.2. The van der Waals surface area contributed by atoms with E-state index < -0.39 is 20.1 Å². The molecule has 1 aliphatic carbocycles. The van der Waals surface area contributed by atoms with E-state index in [1.54, 1.807) is 6.92 Å². The van der Waals surface area contributed by atoms with Crippen molar-refractivity contribution in [2.45, 2.75) is 96.8 Å². The number of benzene rings is 1. The summed E-state index contributed by atoms with van der Waals surface area (Å²) in [5, 5.41) is 10.2. The molecule has 1 fully saturated rings. The van der Waals surface area contributed by atoms with Crippen molar-refractivity contribution in [2.75, 3.05) is 13.9 Å².